The van der Waals surface area contributed by atoms with Crippen LogP contribution >= 0.6 is 0 Å². The number of nitrogens with one attached hydrogen (secondary N) is 1. The van der Waals surface area contributed by atoms with Gasteiger partial charge in [0.1, 0.15) is 5.82 Å². The normalized spacial score (nSPS) is 11.9. The zero-order chi connectivity index (χ0) is 12.6. The van der Waals surface area contributed by atoms with Gasteiger partial charge in [-0.3, -0.25) is 0 Å². The van der Waals surface area contributed by atoms with Crippen LogP contribution in [0, 0.1) is 0 Å². The van der Waals surface area contributed by atoms with Crippen molar-refractivity contribution in [1.29, 1.82) is 0 Å². The van der Waals surface area contributed by atoms with E-state index in [0.29, 0.717) is 0 Å². The molecule has 0 saturated heterocycles. The predicted octanol–water partition coefficient (Wildman–Crippen LogP) is 2.95. The molecule has 17 heavy (non-hydrogen) atoms. The third kappa shape index (κ3) is 2.02. The van der Waals surface area contributed by atoms with Crippen molar-refractivity contribution in [1.82, 2.24) is 9.97 Å². The molecular formula is C13H16N2O2. The van der Waals surface area contributed by atoms with Crippen molar-refractivity contribution in [3.05, 3.63) is 29.6 Å². The molecule has 2 rings (SSSR count). The molecule has 0 fully saturated rings. The Morgan fingerprint density at radius 2 is 2.18 bits per heavy atom. The van der Waals surface area contributed by atoms with E-state index < -0.39 is 5.97 Å². The van der Waals surface area contributed by atoms with E-state index in [-0.39, 0.29) is 11.0 Å². The molecule has 0 unspecified atom stereocenters. The van der Waals surface area contributed by atoms with Gasteiger partial charge < -0.3 is 10.1 Å². The lowest BCUT2D eigenvalue weighted by molar-refractivity contribution is 0.0697. The second kappa shape index (κ2) is 3.87. The van der Waals surface area contributed by atoms with Crippen molar-refractivity contribution in [3.63, 3.8) is 0 Å². The Hall–Kier alpha value is -1.84. The molecule has 0 aliphatic rings. The van der Waals surface area contributed by atoms with Gasteiger partial charge in [0.05, 0.1) is 16.6 Å². The smallest absolute Gasteiger partial charge is 0.335 e. The molecule has 0 spiro atoms. The van der Waals surface area contributed by atoms with Crippen molar-refractivity contribution in [2.45, 2.75) is 32.6 Å². The van der Waals surface area contributed by atoms with Crippen LogP contribution in [0.2, 0.25) is 0 Å². The van der Waals surface area contributed by atoms with Crippen molar-refractivity contribution < 1.29 is 9.90 Å². The first kappa shape index (κ1) is 11.6. The molecule has 0 aliphatic heterocycles. The fourth-order valence-electron chi connectivity index (χ4n) is 1.63. The van der Waals surface area contributed by atoms with E-state index in [2.05, 4.69) is 30.7 Å². The zero-order valence-electron chi connectivity index (χ0n) is 10.2. The summed E-state index contributed by atoms with van der Waals surface area (Å²) in [7, 11) is 0. The largest absolute Gasteiger partial charge is 0.478 e. The van der Waals surface area contributed by atoms with Crippen LogP contribution in [0.5, 0.6) is 0 Å². The predicted molar refractivity (Wildman–Crippen MR) is 66.4 cm³/mol. The molecule has 0 amide bonds. The lowest BCUT2D eigenvalue weighted by Crippen LogP contribution is -2.17. The quantitative estimate of drug-likeness (QED) is 0.855. The summed E-state index contributed by atoms with van der Waals surface area (Å²) in [6.07, 6.45) is 0.971. The maximum absolute atomic E-state index is 10.9. The highest BCUT2D eigenvalue weighted by molar-refractivity contribution is 5.92. The maximum Gasteiger partial charge on any atom is 0.335 e. The minimum absolute atomic E-state index is 0.0254. The fraction of sp³-hybridized carbons (Fsp3) is 0.385. The number of aromatic carboxylic acids is 1. The van der Waals surface area contributed by atoms with Gasteiger partial charge in [0, 0.05) is 5.41 Å². The average molecular weight is 232 g/mol. The number of aromatic nitrogens is 2. The molecule has 0 bridgehead atoms. The minimum atomic E-state index is -0.919. The van der Waals surface area contributed by atoms with Gasteiger partial charge in [0.15, 0.2) is 0 Å². The number of nitrogens with zero attached hydrogens (tertiary/aromatic N) is 1. The first-order valence-electron chi connectivity index (χ1n) is 5.67. The summed E-state index contributed by atoms with van der Waals surface area (Å²) in [4.78, 5) is 18.6. The molecule has 0 saturated carbocycles. The van der Waals surface area contributed by atoms with Crippen LogP contribution in [0.1, 0.15) is 43.4 Å². The topological polar surface area (TPSA) is 66.0 Å². The van der Waals surface area contributed by atoms with E-state index in [1.165, 1.54) is 0 Å². The van der Waals surface area contributed by atoms with Crippen LogP contribution in [-0.2, 0) is 5.41 Å². The molecule has 0 aliphatic carbocycles. The van der Waals surface area contributed by atoms with E-state index in [4.69, 9.17) is 5.11 Å². The van der Waals surface area contributed by atoms with Crippen molar-refractivity contribution in [3.8, 4) is 0 Å². The molecule has 0 atom stereocenters. The summed E-state index contributed by atoms with van der Waals surface area (Å²) in [6.45, 7) is 6.33. The summed E-state index contributed by atoms with van der Waals surface area (Å²) >= 11 is 0. The first-order valence-corrected chi connectivity index (χ1v) is 5.67. The van der Waals surface area contributed by atoms with E-state index in [9.17, 15) is 4.79 Å². The SMILES string of the molecule is CCC(C)(C)c1nc2ccc(C(=O)O)cc2[nH]1. The number of carboxylic acid groups (broad SMARTS) is 1. The Morgan fingerprint density at radius 1 is 1.47 bits per heavy atom. The molecule has 1 heterocycles. The summed E-state index contributed by atoms with van der Waals surface area (Å²) < 4.78 is 0. The summed E-state index contributed by atoms with van der Waals surface area (Å²) in [6, 6.07) is 4.94. The summed E-state index contributed by atoms with van der Waals surface area (Å²) in [5.74, 6) is -0.0182. The number of hydrogen-bond acceptors (Lipinski definition) is 2. The van der Waals surface area contributed by atoms with Gasteiger partial charge in [-0.25, -0.2) is 9.78 Å². The Balaban J connectivity index is 2.54. The number of imidazole rings is 1. The van der Waals surface area contributed by atoms with Crippen molar-refractivity contribution in [2.24, 2.45) is 0 Å². The van der Waals surface area contributed by atoms with Gasteiger partial charge in [0.25, 0.3) is 0 Å². The minimum Gasteiger partial charge on any atom is -0.478 e. The highest BCUT2D eigenvalue weighted by Crippen LogP contribution is 2.26. The number of H-pyrrole nitrogens is 1. The van der Waals surface area contributed by atoms with E-state index in [1.807, 2.05) is 0 Å². The number of aromatic amines is 1. The Labute approximate surface area is 99.7 Å². The molecule has 4 heteroatoms. The van der Waals surface area contributed by atoms with E-state index >= 15 is 0 Å². The van der Waals surface area contributed by atoms with E-state index in [0.717, 1.165) is 23.3 Å². The number of rotatable bonds is 3. The van der Waals surface area contributed by atoms with Gasteiger partial charge in [-0.1, -0.05) is 20.8 Å². The number of hydrogen-bond donors (Lipinski definition) is 2. The van der Waals surface area contributed by atoms with E-state index in [1.54, 1.807) is 18.2 Å². The van der Waals surface area contributed by atoms with Crippen LogP contribution in [-0.4, -0.2) is 21.0 Å². The summed E-state index contributed by atoms with van der Waals surface area (Å²) in [5, 5.41) is 8.92. The third-order valence-corrected chi connectivity index (χ3v) is 3.25. The number of carboxylic acids is 1. The third-order valence-electron chi connectivity index (χ3n) is 3.25. The molecule has 2 aromatic rings. The molecule has 0 radical (unpaired) electrons. The number of benzene rings is 1. The van der Waals surface area contributed by atoms with Crippen LogP contribution in [0.3, 0.4) is 0 Å². The lowest BCUT2D eigenvalue weighted by atomic mass is 9.90. The van der Waals surface area contributed by atoms with Gasteiger partial charge in [-0.05, 0) is 24.6 Å². The zero-order valence-corrected chi connectivity index (χ0v) is 10.2. The molecule has 4 nitrogen and oxygen atoms in total. The second-order valence-corrected chi connectivity index (χ2v) is 4.86. The van der Waals surface area contributed by atoms with Gasteiger partial charge in [-0.15, -0.1) is 0 Å². The van der Waals surface area contributed by atoms with Crippen LogP contribution in [0.4, 0.5) is 0 Å². The number of carbonyl (C=O) groups is 1. The summed E-state index contributed by atoms with van der Waals surface area (Å²) in [5.41, 5.74) is 1.84. The van der Waals surface area contributed by atoms with Crippen LogP contribution in [0.25, 0.3) is 11.0 Å². The Morgan fingerprint density at radius 3 is 2.76 bits per heavy atom. The van der Waals surface area contributed by atoms with Crippen molar-refractivity contribution in [2.75, 3.05) is 0 Å². The average Bonchev–Trinajstić information content (AvgIpc) is 2.72. The lowest BCUT2D eigenvalue weighted by Gasteiger charge is -2.18. The van der Waals surface area contributed by atoms with Gasteiger partial charge in [0.2, 0.25) is 0 Å². The first-order chi connectivity index (χ1) is 7.94. The standard InChI is InChI=1S/C13H16N2O2/c1-4-13(2,3)12-14-9-6-5-8(11(16)17)7-10(9)15-12/h5-7H,4H2,1-3H3,(H,14,15)(H,16,17). The molecule has 2 N–H and O–H groups in total. The highest BCUT2D eigenvalue weighted by atomic mass is 16.4. The van der Waals surface area contributed by atoms with Crippen LogP contribution in [0.15, 0.2) is 18.2 Å². The molecule has 90 valence electrons. The van der Waals surface area contributed by atoms with Crippen molar-refractivity contribution >= 4 is 17.0 Å². The Bertz CT molecular complexity index is 570. The monoisotopic (exact) mass is 232 g/mol. The highest BCUT2D eigenvalue weighted by Gasteiger charge is 2.22. The van der Waals surface area contributed by atoms with Gasteiger partial charge in [-0.2, -0.15) is 0 Å². The van der Waals surface area contributed by atoms with Crippen LogP contribution < -0.4 is 0 Å². The molecule has 1 aromatic carbocycles. The van der Waals surface area contributed by atoms with Gasteiger partial charge >= 0.3 is 5.97 Å². The second-order valence-electron chi connectivity index (χ2n) is 4.86. The molecular weight excluding hydrogens is 216 g/mol. The maximum atomic E-state index is 10.9. The fourth-order valence-corrected chi connectivity index (χ4v) is 1.63. The number of fused-ring (bicyclic) bond motifs is 1. The Kier molecular flexibility index (Phi) is 2.65. The molecule has 1 aromatic heterocycles.